The Balaban J connectivity index is 1.93. The fraction of sp³-hybridized carbons (Fsp3) is 0. The van der Waals surface area contributed by atoms with Crippen LogP contribution in [0, 0.1) is 17.1 Å². The van der Waals surface area contributed by atoms with Gasteiger partial charge >= 0.3 is 0 Å². The minimum Gasteiger partial charge on any atom is -0.340 e. The molecule has 1 N–H and O–H groups in total. The molecule has 2 aromatic carbocycles. The third-order valence-electron chi connectivity index (χ3n) is 3.65. The molecule has 0 radical (unpaired) electrons. The highest BCUT2D eigenvalue weighted by Crippen LogP contribution is 2.33. The number of fused-ring (bicyclic) bond motifs is 3. The first-order valence-corrected chi connectivity index (χ1v) is 7.91. The molecule has 0 amide bonds. The van der Waals surface area contributed by atoms with Gasteiger partial charge in [0.25, 0.3) is 0 Å². The summed E-state index contributed by atoms with van der Waals surface area (Å²) < 4.78 is 13.4. The molecule has 0 spiro atoms. The molecular weight excluding hydrogens is 309 g/mol. The van der Waals surface area contributed by atoms with Gasteiger partial charge in [0.05, 0.1) is 17.1 Å². The van der Waals surface area contributed by atoms with Crippen LogP contribution in [-0.4, -0.2) is 4.98 Å². The van der Waals surface area contributed by atoms with E-state index >= 15 is 0 Å². The van der Waals surface area contributed by atoms with Crippen molar-refractivity contribution in [1.29, 1.82) is 5.26 Å². The minimum absolute atomic E-state index is 0.302. The second-order valence-corrected chi connectivity index (χ2v) is 5.88. The van der Waals surface area contributed by atoms with Crippen molar-refractivity contribution in [3.8, 4) is 6.07 Å². The summed E-state index contributed by atoms with van der Waals surface area (Å²) in [6, 6.07) is 13.9. The fourth-order valence-corrected chi connectivity index (χ4v) is 3.42. The SMILES string of the molecule is N#Cc1ccc2c(c1)nc(Nc1cccc(F)c1)c1cscc12. The van der Waals surface area contributed by atoms with E-state index in [2.05, 4.69) is 21.8 Å². The number of thiophene rings is 1. The summed E-state index contributed by atoms with van der Waals surface area (Å²) >= 11 is 1.59. The van der Waals surface area contributed by atoms with Crippen molar-refractivity contribution in [2.75, 3.05) is 5.32 Å². The number of pyridine rings is 1. The lowest BCUT2D eigenvalue weighted by Gasteiger charge is -2.09. The molecule has 4 aromatic rings. The Bertz CT molecular complexity index is 1080. The van der Waals surface area contributed by atoms with Crippen molar-refractivity contribution in [2.24, 2.45) is 0 Å². The third kappa shape index (κ3) is 2.39. The van der Waals surface area contributed by atoms with Crippen LogP contribution < -0.4 is 5.32 Å². The van der Waals surface area contributed by atoms with Crippen molar-refractivity contribution in [3.63, 3.8) is 0 Å². The molecule has 0 atom stereocenters. The van der Waals surface area contributed by atoms with E-state index in [0.717, 1.165) is 21.7 Å². The summed E-state index contributed by atoms with van der Waals surface area (Å²) in [4.78, 5) is 4.63. The zero-order valence-corrected chi connectivity index (χ0v) is 12.7. The monoisotopic (exact) mass is 319 g/mol. The van der Waals surface area contributed by atoms with Gasteiger partial charge in [-0.1, -0.05) is 12.1 Å². The summed E-state index contributed by atoms with van der Waals surface area (Å²) in [6.07, 6.45) is 0. The van der Waals surface area contributed by atoms with E-state index in [-0.39, 0.29) is 5.82 Å². The molecular formula is C18H10FN3S. The maximum atomic E-state index is 13.4. The summed E-state index contributed by atoms with van der Waals surface area (Å²) in [6.45, 7) is 0. The Kier molecular flexibility index (Phi) is 3.18. The summed E-state index contributed by atoms with van der Waals surface area (Å²) in [5, 5.41) is 19.4. The van der Waals surface area contributed by atoms with Gasteiger partial charge in [-0.25, -0.2) is 9.37 Å². The number of aromatic nitrogens is 1. The Morgan fingerprint density at radius 1 is 1.04 bits per heavy atom. The molecule has 110 valence electrons. The lowest BCUT2D eigenvalue weighted by molar-refractivity contribution is 0.628. The number of hydrogen-bond acceptors (Lipinski definition) is 4. The van der Waals surface area contributed by atoms with Gasteiger partial charge in [0, 0.05) is 27.2 Å². The van der Waals surface area contributed by atoms with E-state index in [9.17, 15) is 4.39 Å². The summed E-state index contributed by atoms with van der Waals surface area (Å²) in [7, 11) is 0. The van der Waals surface area contributed by atoms with Crippen LogP contribution in [0.2, 0.25) is 0 Å². The number of benzene rings is 2. The molecule has 2 heterocycles. The number of nitrogens with one attached hydrogen (secondary N) is 1. The van der Waals surface area contributed by atoms with E-state index in [1.54, 1.807) is 35.6 Å². The largest absolute Gasteiger partial charge is 0.340 e. The zero-order valence-electron chi connectivity index (χ0n) is 11.9. The fourth-order valence-electron chi connectivity index (χ4n) is 2.59. The molecule has 5 heteroatoms. The molecule has 2 aromatic heterocycles. The van der Waals surface area contributed by atoms with Gasteiger partial charge in [-0.3, -0.25) is 0 Å². The maximum absolute atomic E-state index is 13.4. The van der Waals surface area contributed by atoms with Crippen molar-refractivity contribution >= 4 is 44.5 Å². The second-order valence-electron chi connectivity index (χ2n) is 5.14. The first kappa shape index (κ1) is 13.7. The molecule has 0 aliphatic heterocycles. The van der Waals surface area contributed by atoms with Crippen molar-refractivity contribution in [1.82, 2.24) is 4.98 Å². The predicted octanol–water partition coefficient (Wildman–Crippen LogP) is 5.20. The predicted molar refractivity (Wildman–Crippen MR) is 91.5 cm³/mol. The highest BCUT2D eigenvalue weighted by molar-refractivity contribution is 7.09. The number of nitriles is 1. The van der Waals surface area contributed by atoms with Crippen molar-refractivity contribution in [2.45, 2.75) is 0 Å². The number of anilines is 2. The first-order chi connectivity index (χ1) is 11.2. The van der Waals surface area contributed by atoms with E-state index in [1.165, 1.54) is 12.1 Å². The smallest absolute Gasteiger partial charge is 0.139 e. The molecule has 0 aliphatic rings. The van der Waals surface area contributed by atoms with Crippen LogP contribution in [0.15, 0.2) is 53.2 Å². The molecule has 0 saturated heterocycles. The molecule has 0 aliphatic carbocycles. The number of hydrogen-bond donors (Lipinski definition) is 1. The Labute approximate surface area is 135 Å². The Morgan fingerprint density at radius 3 is 2.74 bits per heavy atom. The quantitative estimate of drug-likeness (QED) is 0.552. The molecule has 0 fully saturated rings. The average Bonchev–Trinajstić information content (AvgIpc) is 3.04. The van der Waals surface area contributed by atoms with Crippen molar-refractivity contribution in [3.05, 3.63) is 64.6 Å². The summed E-state index contributed by atoms with van der Waals surface area (Å²) in [5.74, 6) is 0.360. The molecule has 3 nitrogen and oxygen atoms in total. The lowest BCUT2D eigenvalue weighted by Crippen LogP contribution is -1.95. The standard InChI is InChI=1S/C18H10FN3S/c19-12-2-1-3-13(7-12)21-18-16-10-23-9-15(16)14-5-4-11(8-20)6-17(14)22-18/h1-7,9-10H,(H,21,22). The van der Waals surface area contributed by atoms with Crippen LogP contribution in [0.3, 0.4) is 0 Å². The van der Waals surface area contributed by atoms with Crippen LogP contribution in [0.1, 0.15) is 5.56 Å². The number of rotatable bonds is 2. The second kappa shape index (κ2) is 5.34. The van der Waals surface area contributed by atoms with E-state index < -0.39 is 0 Å². The van der Waals surface area contributed by atoms with Crippen LogP contribution >= 0.6 is 11.3 Å². The van der Waals surface area contributed by atoms with E-state index in [0.29, 0.717) is 17.1 Å². The van der Waals surface area contributed by atoms with E-state index in [1.807, 2.05) is 11.4 Å². The Hall–Kier alpha value is -2.97. The van der Waals surface area contributed by atoms with Crippen LogP contribution in [0.5, 0.6) is 0 Å². The van der Waals surface area contributed by atoms with Crippen LogP contribution in [0.25, 0.3) is 21.7 Å². The van der Waals surface area contributed by atoms with Gasteiger partial charge in [-0.05, 0) is 35.7 Å². The first-order valence-electron chi connectivity index (χ1n) is 6.97. The molecule has 23 heavy (non-hydrogen) atoms. The number of halogens is 1. The highest BCUT2D eigenvalue weighted by Gasteiger charge is 2.10. The van der Waals surface area contributed by atoms with Gasteiger partial charge in [0.1, 0.15) is 11.6 Å². The normalized spacial score (nSPS) is 10.8. The summed E-state index contributed by atoms with van der Waals surface area (Å²) in [5.41, 5.74) is 1.95. The van der Waals surface area contributed by atoms with Gasteiger partial charge in [-0.15, -0.1) is 0 Å². The van der Waals surface area contributed by atoms with Gasteiger partial charge in [0.15, 0.2) is 0 Å². The van der Waals surface area contributed by atoms with Gasteiger partial charge in [0.2, 0.25) is 0 Å². The van der Waals surface area contributed by atoms with Crippen LogP contribution in [-0.2, 0) is 0 Å². The topological polar surface area (TPSA) is 48.7 Å². The minimum atomic E-state index is -0.302. The Morgan fingerprint density at radius 2 is 1.91 bits per heavy atom. The third-order valence-corrected chi connectivity index (χ3v) is 4.40. The average molecular weight is 319 g/mol. The van der Waals surface area contributed by atoms with Crippen LogP contribution in [0.4, 0.5) is 15.9 Å². The molecule has 0 saturated carbocycles. The molecule has 4 rings (SSSR count). The molecule has 0 bridgehead atoms. The van der Waals surface area contributed by atoms with E-state index in [4.69, 9.17) is 5.26 Å². The van der Waals surface area contributed by atoms with Gasteiger partial charge in [-0.2, -0.15) is 16.6 Å². The highest BCUT2D eigenvalue weighted by atomic mass is 32.1. The van der Waals surface area contributed by atoms with Gasteiger partial charge < -0.3 is 5.32 Å². The maximum Gasteiger partial charge on any atom is 0.139 e. The van der Waals surface area contributed by atoms with Crippen molar-refractivity contribution < 1.29 is 4.39 Å². The lowest BCUT2D eigenvalue weighted by atomic mass is 10.1. The number of nitrogens with zero attached hydrogens (tertiary/aromatic N) is 2. The zero-order chi connectivity index (χ0) is 15.8. The molecule has 0 unspecified atom stereocenters.